The van der Waals surface area contributed by atoms with Crippen molar-refractivity contribution >= 4 is 5.91 Å². The molecule has 2 heterocycles. The van der Waals surface area contributed by atoms with Gasteiger partial charge in [-0.15, -0.1) is 0 Å². The first kappa shape index (κ1) is 31.4. The molecule has 1 saturated carbocycles. The van der Waals surface area contributed by atoms with Gasteiger partial charge in [-0.25, -0.2) is 0 Å². The van der Waals surface area contributed by atoms with Crippen LogP contribution in [0.5, 0.6) is 0 Å². The molecule has 16 nitrogen and oxygen atoms in total. The number of nitrogens with one attached hydrogen (secondary N) is 1. The first-order valence-electron chi connectivity index (χ1n) is 12.8. The van der Waals surface area contributed by atoms with Crippen LogP contribution in [0.2, 0.25) is 0 Å². The Hall–Kier alpha value is -1.09. The molecule has 3 rings (SSSR count). The van der Waals surface area contributed by atoms with Crippen LogP contribution in [0.25, 0.3) is 0 Å². The van der Waals surface area contributed by atoms with E-state index in [0.717, 1.165) is 0 Å². The van der Waals surface area contributed by atoms with Gasteiger partial charge in [-0.1, -0.05) is 13.8 Å². The number of amides is 1. The van der Waals surface area contributed by atoms with Crippen LogP contribution in [0, 0.1) is 5.92 Å². The third-order valence-electron chi connectivity index (χ3n) is 7.38. The summed E-state index contributed by atoms with van der Waals surface area (Å²) in [5.74, 6) is -0.571. The zero-order chi connectivity index (χ0) is 28.5. The van der Waals surface area contributed by atoms with Gasteiger partial charge in [0.2, 0.25) is 5.91 Å². The lowest BCUT2D eigenvalue weighted by molar-refractivity contribution is -0.316. The van der Waals surface area contributed by atoms with Crippen LogP contribution < -0.4 is 34.0 Å². The quantitative estimate of drug-likeness (QED) is 0.133. The molecule has 0 aromatic carbocycles. The van der Waals surface area contributed by atoms with E-state index in [4.69, 9.17) is 47.6 Å². The average molecular weight is 553 g/mol. The molecular formula is C22H44N6O10. The molecule has 0 radical (unpaired) electrons. The van der Waals surface area contributed by atoms with E-state index < -0.39 is 91.7 Å². The minimum atomic E-state index is -1.49. The molecule has 0 aromatic rings. The van der Waals surface area contributed by atoms with E-state index in [1.54, 1.807) is 13.8 Å². The highest BCUT2D eigenvalue weighted by atomic mass is 16.7. The van der Waals surface area contributed by atoms with E-state index >= 15 is 0 Å². The number of aliphatic hydroxyl groups is 5. The molecule has 16 heteroatoms. The highest BCUT2D eigenvalue weighted by molar-refractivity contribution is 5.77. The topological polar surface area (TPSA) is 297 Å². The van der Waals surface area contributed by atoms with E-state index in [9.17, 15) is 30.3 Å². The van der Waals surface area contributed by atoms with E-state index in [0.29, 0.717) is 0 Å². The molecule has 0 aromatic heterocycles. The van der Waals surface area contributed by atoms with E-state index in [1.807, 2.05) is 0 Å². The van der Waals surface area contributed by atoms with Crippen LogP contribution in [-0.4, -0.2) is 136 Å². The molecule has 3 fully saturated rings. The first-order valence-corrected chi connectivity index (χ1v) is 12.8. The lowest BCUT2D eigenvalue weighted by Gasteiger charge is -2.48. The van der Waals surface area contributed by atoms with E-state index in [1.165, 1.54) is 0 Å². The first-order chi connectivity index (χ1) is 17.8. The molecule has 38 heavy (non-hydrogen) atoms. The third-order valence-corrected chi connectivity index (χ3v) is 7.38. The van der Waals surface area contributed by atoms with Crippen molar-refractivity contribution in [2.75, 3.05) is 13.1 Å². The monoisotopic (exact) mass is 552 g/mol. The fraction of sp³-hybridized carbons (Fsp3) is 0.955. The average Bonchev–Trinajstić information content (AvgIpc) is 2.87. The SMILES string of the molecule is CC(C)C(=O)NC[C@H]1O[C@H](O[C@@H]2[C@@H](O)[C@H](O[C@H]3O[C@H](CN)[C@@H](O)[C@H](O)[C@H]3N)[C@@H](N)C[C@H]2N)[C@H](O)[C@@H](N)[C@@H]1O. The number of aliphatic hydroxyl groups excluding tert-OH is 5. The molecular weight excluding hydrogens is 508 g/mol. The van der Waals surface area contributed by atoms with E-state index in [-0.39, 0.29) is 31.3 Å². The highest BCUT2D eigenvalue weighted by Gasteiger charge is 2.51. The molecule has 2 aliphatic heterocycles. The predicted octanol–water partition coefficient (Wildman–Crippen LogP) is -6.55. The third kappa shape index (κ3) is 6.61. The Morgan fingerprint density at radius 1 is 0.816 bits per heavy atom. The maximum absolute atomic E-state index is 12.0. The highest BCUT2D eigenvalue weighted by Crippen LogP contribution is 2.31. The standard InChI is InChI=1S/C22H44N6O10/c1-6(2)20(34)28-5-10-13(29)11(26)16(32)22(36-10)38-19-8(25)3-7(24)18(17(19)33)37-21-12(27)15(31)14(30)9(4-23)35-21/h6-19,21-22,29-33H,3-5,23-27H2,1-2H3,(H,28,34)/t7-,8+,9+,10+,11-,12+,13+,14+,15+,16+,17-,18+,19-,21+,22+/m0/s1. The van der Waals surface area contributed by atoms with Gasteiger partial charge < -0.3 is 78.5 Å². The Morgan fingerprint density at radius 3 is 1.92 bits per heavy atom. The van der Waals surface area contributed by atoms with Gasteiger partial charge in [-0.3, -0.25) is 4.79 Å². The van der Waals surface area contributed by atoms with Crippen LogP contribution in [0.15, 0.2) is 0 Å². The predicted molar refractivity (Wildman–Crippen MR) is 131 cm³/mol. The molecule has 1 amide bonds. The van der Waals surface area contributed by atoms with Crippen LogP contribution in [-0.2, 0) is 23.7 Å². The summed E-state index contributed by atoms with van der Waals surface area (Å²) in [5.41, 5.74) is 30.0. The minimum Gasteiger partial charge on any atom is -0.389 e. The van der Waals surface area contributed by atoms with Crippen LogP contribution in [0.3, 0.4) is 0 Å². The van der Waals surface area contributed by atoms with Crippen molar-refractivity contribution < 1.29 is 49.3 Å². The van der Waals surface area contributed by atoms with Crippen molar-refractivity contribution in [1.29, 1.82) is 0 Å². The number of rotatable bonds is 8. The number of hydrogen-bond acceptors (Lipinski definition) is 15. The van der Waals surface area contributed by atoms with Gasteiger partial charge in [-0.2, -0.15) is 0 Å². The Kier molecular flexibility index (Phi) is 10.8. The Balaban J connectivity index is 1.71. The summed E-state index contributed by atoms with van der Waals surface area (Å²) in [6.45, 7) is 3.19. The second-order valence-corrected chi connectivity index (χ2v) is 10.6. The summed E-state index contributed by atoms with van der Waals surface area (Å²) in [6, 6.07) is -3.97. The van der Waals surface area contributed by atoms with Gasteiger partial charge in [0, 0.05) is 31.1 Å². The number of carbonyl (C=O) groups excluding carboxylic acids is 1. The molecule has 0 bridgehead atoms. The summed E-state index contributed by atoms with van der Waals surface area (Å²) >= 11 is 0. The Labute approximate surface area is 220 Å². The number of hydrogen-bond donors (Lipinski definition) is 11. The van der Waals surface area contributed by atoms with Crippen LogP contribution in [0.1, 0.15) is 20.3 Å². The molecule has 0 unspecified atom stereocenters. The number of nitrogens with two attached hydrogens (primary N) is 5. The fourth-order valence-electron chi connectivity index (χ4n) is 4.87. The van der Waals surface area contributed by atoms with Crippen LogP contribution >= 0.6 is 0 Å². The summed E-state index contributed by atoms with van der Waals surface area (Å²) in [5, 5.41) is 55.2. The van der Waals surface area contributed by atoms with Crippen molar-refractivity contribution in [3.63, 3.8) is 0 Å². The van der Waals surface area contributed by atoms with Crippen molar-refractivity contribution in [2.45, 2.75) is 112 Å². The zero-order valence-corrected chi connectivity index (χ0v) is 21.5. The molecule has 222 valence electrons. The summed E-state index contributed by atoms with van der Waals surface area (Å²) in [7, 11) is 0. The van der Waals surface area contributed by atoms with Gasteiger partial charge >= 0.3 is 0 Å². The van der Waals surface area contributed by atoms with Crippen molar-refractivity contribution in [1.82, 2.24) is 5.32 Å². The van der Waals surface area contributed by atoms with Gasteiger partial charge in [0.15, 0.2) is 12.6 Å². The molecule has 3 aliphatic rings. The maximum atomic E-state index is 12.0. The van der Waals surface area contributed by atoms with Gasteiger partial charge in [-0.05, 0) is 6.42 Å². The van der Waals surface area contributed by atoms with Gasteiger partial charge in [0.25, 0.3) is 0 Å². The van der Waals surface area contributed by atoms with Crippen molar-refractivity contribution in [3.8, 4) is 0 Å². The molecule has 2 saturated heterocycles. The Morgan fingerprint density at radius 2 is 1.37 bits per heavy atom. The van der Waals surface area contributed by atoms with Crippen molar-refractivity contribution in [3.05, 3.63) is 0 Å². The summed E-state index contributed by atoms with van der Waals surface area (Å²) < 4.78 is 23.1. The smallest absolute Gasteiger partial charge is 0.222 e. The summed E-state index contributed by atoms with van der Waals surface area (Å²) in [6.07, 6.45) is -13.9. The normalized spacial score (nSPS) is 48.2. The number of ether oxygens (including phenoxy) is 4. The lowest BCUT2D eigenvalue weighted by Crippen LogP contribution is -2.69. The second kappa shape index (κ2) is 13.0. The maximum Gasteiger partial charge on any atom is 0.222 e. The zero-order valence-electron chi connectivity index (χ0n) is 21.5. The number of carbonyl (C=O) groups is 1. The van der Waals surface area contributed by atoms with Crippen molar-refractivity contribution in [2.24, 2.45) is 34.6 Å². The lowest BCUT2D eigenvalue weighted by atomic mass is 9.84. The fourth-order valence-corrected chi connectivity index (χ4v) is 4.87. The largest absolute Gasteiger partial charge is 0.389 e. The molecule has 1 aliphatic carbocycles. The molecule has 0 spiro atoms. The Bertz CT molecular complexity index is 783. The molecule has 15 atom stereocenters. The minimum absolute atomic E-state index is 0.0955. The van der Waals surface area contributed by atoms with Gasteiger partial charge in [0.05, 0.1) is 18.2 Å². The van der Waals surface area contributed by atoms with Gasteiger partial charge in [0.1, 0.15) is 48.8 Å². The second-order valence-electron chi connectivity index (χ2n) is 10.6. The van der Waals surface area contributed by atoms with E-state index in [2.05, 4.69) is 5.32 Å². The molecule has 16 N–H and O–H groups in total. The van der Waals surface area contributed by atoms with Crippen LogP contribution in [0.4, 0.5) is 0 Å². The summed E-state index contributed by atoms with van der Waals surface area (Å²) in [4.78, 5) is 12.0.